The molecule has 0 radical (unpaired) electrons. The van der Waals surface area contributed by atoms with Crippen molar-refractivity contribution in [2.45, 2.75) is 24.0 Å². The van der Waals surface area contributed by atoms with E-state index < -0.39 is 6.04 Å². The molecular weight excluding hydrogens is 356 g/mol. The van der Waals surface area contributed by atoms with Gasteiger partial charge in [0.25, 0.3) is 0 Å². The van der Waals surface area contributed by atoms with Gasteiger partial charge in [-0.1, -0.05) is 24.3 Å². The van der Waals surface area contributed by atoms with Gasteiger partial charge < -0.3 is 5.73 Å². The van der Waals surface area contributed by atoms with Gasteiger partial charge in [0.05, 0.1) is 0 Å². The third-order valence-electron chi connectivity index (χ3n) is 4.28. The van der Waals surface area contributed by atoms with Gasteiger partial charge in [-0.05, 0) is 47.2 Å². The molecule has 1 aromatic carbocycles. The van der Waals surface area contributed by atoms with E-state index in [1.54, 1.807) is 24.2 Å². The Labute approximate surface area is 163 Å². The van der Waals surface area contributed by atoms with Crippen LogP contribution in [0.1, 0.15) is 22.7 Å². The Morgan fingerprint density at radius 2 is 1.56 bits per heavy atom. The molecule has 3 aromatic rings. The lowest BCUT2D eigenvalue weighted by molar-refractivity contribution is -0.124. The fraction of sp³-hybridized carbons (Fsp3) is 0.190. The quantitative estimate of drug-likeness (QED) is 0.608. The van der Waals surface area contributed by atoms with Crippen LogP contribution in [0, 0.1) is 0 Å². The first-order valence-electron chi connectivity index (χ1n) is 8.62. The van der Waals surface area contributed by atoms with Gasteiger partial charge in [-0.2, -0.15) is 0 Å². The van der Waals surface area contributed by atoms with Crippen molar-refractivity contribution in [3.8, 4) is 0 Å². The summed E-state index contributed by atoms with van der Waals surface area (Å²) in [6.07, 6.45) is 9.12. The number of aromatic nitrogens is 2. The van der Waals surface area contributed by atoms with E-state index in [4.69, 9.17) is 5.73 Å². The molecule has 138 valence electrons. The summed E-state index contributed by atoms with van der Waals surface area (Å²) in [6.45, 7) is 1.11. The van der Waals surface area contributed by atoms with Crippen LogP contribution in [0.5, 0.6) is 0 Å². The summed E-state index contributed by atoms with van der Waals surface area (Å²) in [6, 6.07) is 15.2. The molecule has 0 saturated carbocycles. The second kappa shape index (κ2) is 9.30. The zero-order valence-corrected chi connectivity index (χ0v) is 16.0. The van der Waals surface area contributed by atoms with Crippen molar-refractivity contribution in [1.29, 1.82) is 0 Å². The number of carbonyl (C=O) groups is 1. The van der Waals surface area contributed by atoms with E-state index in [1.165, 1.54) is 0 Å². The third kappa shape index (κ3) is 5.15. The minimum absolute atomic E-state index is 0.375. The molecule has 1 unspecified atom stereocenters. The molecule has 0 fully saturated rings. The Morgan fingerprint density at radius 1 is 1.00 bits per heavy atom. The molecule has 0 saturated heterocycles. The number of primary amides is 1. The summed E-state index contributed by atoms with van der Waals surface area (Å²) in [5.41, 5.74) is 8.76. The van der Waals surface area contributed by atoms with Crippen LogP contribution in [-0.4, -0.2) is 27.0 Å². The maximum atomic E-state index is 12.4. The maximum Gasteiger partial charge on any atom is 0.239 e. The number of carbonyl (C=O) groups excluding carboxylic acids is 1. The molecular formula is C21H22N4OS. The van der Waals surface area contributed by atoms with E-state index in [2.05, 4.69) is 14.9 Å². The summed E-state index contributed by atoms with van der Waals surface area (Å²) in [5.74, 6) is -0.375. The lowest BCUT2D eigenvalue weighted by atomic mass is 10.0. The molecule has 5 nitrogen and oxygen atoms in total. The SMILES string of the molecule is CSc1ccc(C(C(N)=O)N(Cc2cccnc2)Cc2cccnc2)cc1. The summed E-state index contributed by atoms with van der Waals surface area (Å²) in [7, 11) is 0. The number of hydrogen-bond donors (Lipinski definition) is 1. The van der Waals surface area contributed by atoms with Crippen molar-refractivity contribution in [3.63, 3.8) is 0 Å². The van der Waals surface area contributed by atoms with Crippen LogP contribution >= 0.6 is 11.8 Å². The molecule has 2 N–H and O–H groups in total. The predicted octanol–water partition coefficient (Wildman–Crippen LogP) is 3.43. The lowest BCUT2D eigenvalue weighted by Gasteiger charge is -2.30. The van der Waals surface area contributed by atoms with Crippen molar-refractivity contribution >= 4 is 17.7 Å². The number of hydrogen-bond acceptors (Lipinski definition) is 5. The van der Waals surface area contributed by atoms with Gasteiger partial charge in [-0.25, -0.2) is 0 Å². The minimum Gasteiger partial charge on any atom is -0.368 e. The topological polar surface area (TPSA) is 72.1 Å². The van der Waals surface area contributed by atoms with Gasteiger partial charge in [0, 0.05) is 42.8 Å². The predicted molar refractivity (Wildman–Crippen MR) is 108 cm³/mol. The highest BCUT2D eigenvalue weighted by Crippen LogP contribution is 2.26. The molecule has 0 aliphatic rings. The molecule has 27 heavy (non-hydrogen) atoms. The standard InChI is InChI=1S/C21H22N4OS/c1-27-19-8-6-18(7-9-19)20(21(22)26)25(14-16-4-2-10-23-12-16)15-17-5-3-11-24-13-17/h2-13,20H,14-15H2,1H3,(H2,22,26). The maximum absolute atomic E-state index is 12.4. The van der Waals surface area contributed by atoms with Gasteiger partial charge >= 0.3 is 0 Å². The Bertz CT molecular complexity index is 815. The highest BCUT2D eigenvalue weighted by atomic mass is 32.2. The lowest BCUT2D eigenvalue weighted by Crippen LogP contribution is -2.37. The van der Waals surface area contributed by atoms with Crippen molar-refractivity contribution in [1.82, 2.24) is 14.9 Å². The summed E-state index contributed by atoms with van der Waals surface area (Å²) in [4.78, 5) is 24.0. The van der Waals surface area contributed by atoms with E-state index in [0.717, 1.165) is 21.6 Å². The van der Waals surface area contributed by atoms with Crippen LogP contribution in [0.2, 0.25) is 0 Å². The third-order valence-corrected chi connectivity index (χ3v) is 5.03. The smallest absolute Gasteiger partial charge is 0.239 e. The van der Waals surface area contributed by atoms with Crippen molar-refractivity contribution in [3.05, 3.63) is 90.0 Å². The number of nitrogens with zero attached hydrogens (tertiary/aromatic N) is 3. The number of rotatable bonds is 8. The van der Waals surface area contributed by atoms with Gasteiger partial charge in [0.2, 0.25) is 5.91 Å². The summed E-state index contributed by atoms with van der Waals surface area (Å²) >= 11 is 1.66. The van der Waals surface area contributed by atoms with Crippen LogP contribution in [0.15, 0.2) is 78.2 Å². The average molecular weight is 379 g/mol. The number of nitrogens with two attached hydrogens (primary N) is 1. The molecule has 0 aliphatic heterocycles. The minimum atomic E-state index is -0.540. The van der Waals surface area contributed by atoms with Crippen molar-refractivity contribution in [2.75, 3.05) is 6.26 Å². The van der Waals surface area contributed by atoms with Crippen LogP contribution in [0.4, 0.5) is 0 Å². The largest absolute Gasteiger partial charge is 0.368 e. The number of pyridine rings is 2. The van der Waals surface area contributed by atoms with Gasteiger partial charge in [0.15, 0.2) is 0 Å². The van der Waals surface area contributed by atoms with Crippen LogP contribution < -0.4 is 5.73 Å². The normalized spacial score (nSPS) is 12.1. The number of amides is 1. The molecule has 6 heteroatoms. The molecule has 1 amide bonds. The number of thioether (sulfide) groups is 1. The molecule has 3 rings (SSSR count). The van der Waals surface area contributed by atoms with E-state index in [9.17, 15) is 4.79 Å². The molecule has 0 spiro atoms. The fourth-order valence-electron chi connectivity index (χ4n) is 3.03. The fourth-order valence-corrected chi connectivity index (χ4v) is 3.44. The zero-order valence-electron chi connectivity index (χ0n) is 15.2. The molecule has 1 atom stereocenters. The Morgan fingerprint density at radius 3 is 1.96 bits per heavy atom. The van der Waals surface area contributed by atoms with Crippen LogP contribution in [-0.2, 0) is 17.9 Å². The zero-order chi connectivity index (χ0) is 19.1. The second-order valence-electron chi connectivity index (χ2n) is 6.21. The van der Waals surface area contributed by atoms with Crippen molar-refractivity contribution < 1.29 is 4.79 Å². The molecule has 2 aromatic heterocycles. The highest BCUT2D eigenvalue weighted by Gasteiger charge is 2.26. The van der Waals surface area contributed by atoms with Crippen molar-refractivity contribution in [2.24, 2.45) is 5.73 Å². The van der Waals surface area contributed by atoms with Gasteiger partial charge in [0.1, 0.15) is 6.04 Å². The van der Waals surface area contributed by atoms with E-state index >= 15 is 0 Å². The first kappa shape index (κ1) is 19.1. The summed E-state index contributed by atoms with van der Waals surface area (Å²) in [5, 5.41) is 0. The molecule has 0 bridgehead atoms. The highest BCUT2D eigenvalue weighted by molar-refractivity contribution is 7.98. The van der Waals surface area contributed by atoms with Gasteiger partial charge in [-0.3, -0.25) is 19.7 Å². The van der Waals surface area contributed by atoms with Crippen LogP contribution in [0.3, 0.4) is 0 Å². The van der Waals surface area contributed by atoms with E-state index in [-0.39, 0.29) is 5.91 Å². The Hall–Kier alpha value is -2.70. The first-order valence-corrected chi connectivity index (χ1v) is 9.85. The summed E-state index contributed by atoms with van der Waals surface area (Å²) < 4.78 is 0. The number of benzene rings is 1. The van der Waals surface area contributed by atoms with E-state index in [0.29, 0.717) is 13.1 Å². The van der Waals surface area contributed by atoms with Crippen LogP contribution in [0.25, 0.3) is 0 Å². The molecule has 2 heterocycles. The average Bonchev–Trinajstić information content (AvgIpc) is 2.70. The van der Waals surface area contributed by atoms with E-state index in [1.807, 2.05) is 67.2 Å². The monoisotopic (exact) mass is 378 g/mol. The first-order chi connectivity index (χ1) is 13.2. The Kier molecular flexibility index (Phi) is 6.57. The molecule has 0 aliphatic carbocycles. The Balaban J connectivity index is 1.94. The van der Waals surface area contributed by atoms with Gasteiger partial charge in [-0.15, -0.1) is 11.8 Å². The second-order valence-corrected chi connectivity index (χ2v) is 7.09.